The Morgan fingerprint density at radius 2 is 1.78 bits per heavy atom. The highest BCUT2D eigenvalue weighted by molar-refractivity contribution is 5.68. The van der Waals surface area contributed by atoms with E-state index in [9.17, 15) is 9.18 Å². The van der Waals surface area contributed by atoms with E-state index in [0.29, 0.717) is 24.5 Å². The van der Waals surface area contributed by atoms with Crippen LogP contribution in [0.3, 0.4) is 0 Å². The number of fused-ring (bicyclic) bond motifs is 1. The van der Waals surface area contributed by atoms with Crippen LogP contribution in [0.15, 0.2) is 60.7 Å². The number of carbonyl (C=O) groups is 1. The Bertz CT molecular complexity index is 1090. The summed E-state index contributed by atoms with van der Waals surface area (Å²) in [5, 5.41) is 9.15. The molecule has 0 spiro atoms. The van der Waals surface area contributed by atoms with Crippen molar-refractivity contribution in [2.75, 3.05) is 6.61 Å². The van der Waals surface area contributed by atoms with Crippen LogP contribution < -0.4 is 9.47 Å². The third-order valence-corrected chi connectivity index (χ3v) is 5.89. The highest BCUT2D eigenvalue weighted by atomic mass is 19.1. The second kappa shape index (κ2) is 9.86. The van der Waals surface area contributed by atoms with Crippen LogP contribution in [0.1, 0.15) is 48.8 Å². The number of aryl methyl sites for hydroxylation is 1. The van der Waals surface area contributed by atoms with Gasteiger partial charge in [-0.25, -0.2) is 4.39 Å². The molecule has 1 atom stereocenters. The summed E-state index contributed by atoms with van der Waals surface area (Å²) < 4.78 is 25.8. The molecule has 4 nitrogen and oxygen atoms in total. The molecule has 0 bridgehead atoms. The Hall–Kier alpha value is -3.34. The number of rotatable bonds is 8. The van der Waals surface area contributed by atoms with E-state index in [1.165, 1.54) is 11.6 Å². The fraction of sp³-hybridized carbons (Fsp3) is 0.296. The first-order valence-electron chi connectivity index (χ1n) is 11.0. The maximum atomic E-state index is 14.3. The van der Waals surface area contributed by atoms with E-state index in [0.717, 1.165) is 41.7 Å². The van der Waals surface area contributed by atoms with E-state index < -0.39 is 5.97 Å². The third-order valence-electron chi connectivity index (χ3n) is 5.89. The van der Waals surface area contributed by atoms with Crippen LogP contribution in [0.25, 0.3) is 11.1 Å². The van der Waals surface area contributed by atoms with Gasteiger partial charge in [-0.05, 0) is 84.7 Å². The largest absolute Gasteiger partial charge is 0.494 e. The second-order valence-electron chi connectivity index (χ2n) is 8.11. The van der Waals surface area contributed by atoms with Crippen molar-refractivity contribution in [3.63, 3.8) is 0 Å². The van der Waals surface area contributed by atoms with E-state index >= 15 is 0 Å². The minimum atomic E-state index is -0.754. The molecule has 0 saturated heterocycles. The zero-order valence-corrected chi connectivity index (χ0v) is 18.1. The normalized spacial score (nSPS) is 15.1. The van der Waals surface area contributed by atoms with Crippen molar-refractivity contribution in [3.8, 4) is 22.6 Å². The predicted molar refractivity (Wildman–Crippen MR) is 122 cm³/mol. The van der Waals surface area contributed by atoms with Gasteiger partial charge in [0, 0.05) is 5.56 Å². The van der Waals surface area contributed by atoms with Gasteiger partial charge >= 0.3 is 5.97 Å². The van der Waals surface area contributed by atoms with Crippen molar-refractivity contribution < 1.29 is 23.8 Å². The molecule has 1 N–H and O–H groups in total. The molecule has 1 aliphatic carbocycles. The molecule has 3 aromatic rings. The third kappa shape index (κ3) is 5.10. The summed E-state index contributed by atoms with van der Waals surface area (Å²) in [6, 6.07) is 18.4. The summed E-state index contributed by atoms with van der Waals surface area (Å²) in [5.74, 6) is 0.469. The average molecular weight is 435 g/mol. The minimum absolute atomic E-state index is 0.0828. The zero-order chi connectivity index (χ0) is 22.5. The highest BCUT2D eigenvalue weighted by Gasteiger charge is 2.22. The standard InChI is InChI=1S/C27H27FO4/c1-2-31-23-11-13-26(28)25(16-23)19-8-6-18(7-9-19)17-32-22-10-12-24-20(14-22)4-3-5-21(24)15-27(29)30/h6-14,16,21H,2-5,15,17H2,1H3,(H,29,30). The molecule has 0 fully saturated rings. The lowest BCUT2D eigenvalue weighted by atomic mass is 9.81. The summed E-state index contributed by atoms with van der Waals surface area (Å²) in [6.07, 6.45) is 3.04. The molecule has 1 aliphatic rings. The van der Waals surface area contributed by atoms with Gasteiger partial charge in [0.05, 0.1) is 13.0 Å². The van der Waals surface area contributed by atoms with Crippen LogP contribution in [0, 0.1) is 5.82 Å². The Balaban J connectivity index is 1.43. The van der Waals surface area contributed by atoms with Crippen LogP contribution in [-0.2, 0) is 17.8 Å². The average Bonchev–Trinajstić information content (AvgIpc) is 2.79. The van der Waals surface area contributed by atoms with E-state index in [2.05, 4.69) is 0 Å². The maximum absolute atomic E-state index is 14.3. The first kappa shape index (κ1) is 21.9. The Morgan fingerprint density at radius 1 is 1.03 bits per heavy atom. The Labute approximate surface area is 187 Å². The van der Waals surface area contributed by atoms with Crippen LogP contribution in [0.2, 0.25) is 0 Å². The monoisotopic (exact) mass is 434 g/mol. The van der Waals surface area contributed by atoms with Crippen molar-refractivity contribution in [1.29, 1.82) is 0 Å². The van der Waals surface area contributed by atoms with Crippen LogP contribution >= 0.6 is 0 Å². The van der Waals surface area contributed by atoms with Gasteiger partial charge in [-0.1, -0.05) is 30.3 Å². The maximum Gasteiger partial charge on any atom is 0.303 e. The molecule has 5 heteroatoms. The molecule has 0 saturated carbocycles. The fourth-order valence-electron chi connectivity index (χ4n) is 4.33. The van der Waals surface area contributed by atoms with Gasteiger partial charge in [-0.15, -0.1) is 0 Å². The molecule has 0 aromatic heterocycles. The smallest absolute Gasteiger partial charge is 0.303 e. The highest BCUT2D eigenvalue weighted by Crippen LogP contribution is 2.36. The molecule has 1 unspecified atom stereocenters. The van der Waals surface area contributed by atoms with Crippen molar-refractivity contribution >= 4 is 5.97 Å². The number of benzene rings is 3. The van der Waals surface area contributed by atoms with E-state index in [4.69, 9.17) is 14.6 Å². The molecule has 32 heavy (non-hydrogen) atoms. The van der Waals surface area contributed by atoms with Crippen molar-refractivity contribution in [3.05, 3.63) is 83.2 Å². The van der Waals surface area contributed by atoms with Gasteiger partial charge in [0.1, 0.15) is 23.9 Å². The number of aliphatic carboxylic acids is 1. The minimum Gasteiger partial charge on any atom is -0.494 e. The SMILES string of the molecule is CCOc1ccc(F)c(-c2ccc(COc3ccc4c(c3)CCCC4CC(=O)O)cc2)c1. The van der Waals surface area contributed by atoms with Gasteiger partial charge < -0.3 is 14.6 Å². The quantitative estimate of drug-likeness (QED) is 0.448. The molecule has 0 heterocycles. The molecule has 0 aliphatic heterocycles. The van der Waals surface area contributed by atoms with Gasteiger partial charge in [0.25, 0.3) is 0 Å². The predicted octanol–water partition coefficient (Wildman–Crippen LogP) is 6.37. The van der Waals surface area contributed by atoms with Gasteiger partial charge in [0.2, 0.25) is 0 Å². The van der Waals surface area contributed by atoms with Crippen LogP contribution in [0.4, 0.5) is 4.39 Å². The zero-order valence-electron chi connectivity index (χ0n) is 18.1. The lowest BCUT2D eigenvalue weighted by molar-refractivity contribution is -0.137. The summed E-state index contributed by atoms with van der Waals surface area (Å²) in [7, 11) is 0. The van der Waals surface area contributed by atoms with Gasteiger partial charge in [-0.2, -0.15) is 0 Å². The van der Waals surface area contributed by atoms with E-state index in [1.54, 1.807) is 12.1 Å². The van der Waals surface area contributed by atoms with E-state index in [1.807, 2.05) is 49.4 Å². The van der Waals surface area contributed by atoms with Crippen molar-refractivity contribution in [2.24, 2.45) is 0 Å². The number of hydrogen-bond donors (Lipinski definition) is 1. The number of hydrogen-bond acceptors (Lipinski definition) is 3. The lowest BCUT2D eigenvalue weighted by Gasteiger charge is -2.24. The lowest BCUT2D eigenvalue weighted by Crippen LogP contribution is -2.13. The number of halogens is 1. The van der Waals surface area contributed by atoms with Crippen LogP contribution in [-0.4, -0.2) is 17.7 Å². The molecular weight excluding hydrogens is 407 g/mol. The molecule has 3 aromatic carbocycles. The summed E-state index contributed by atoms with van der Waals surface area (Å²) >= 11 is 0. The first-order chi connectivity index (χ1) is 15.5. The summed E-state index contributed by atoms with van der Waals surface area (Å²) in [4.78, 5) is 11.1. The molecule has 166 valence electrons. The molecule has 0 amide bonds. The number of ether oxygens (including phenoxy) is 2. The van der Waals surface area contributed by atoms with Gasteiger partial charge in [-0.3, -0.25) is 4.79 Å². The Kier molecular flexibility index (Phi) is 6.74. The molecule has 4 rings (SSSR count). The topological polar surface area (TPSA) is 55.8 Å². The molecule has 0 radical (unpaired) electrons. The van der Waals surface area contributed by atoms with E-state index in [-0.39, 0.29) is 18.2 Å². The first-order valence-corrected chi connectivity index (χ1v) is 11.0. The molecular formula is C27H27FO4. The van der Waals surface area contributed by atoms with Gasteiger partial charge in [0.15, 0.2) is 0 Å². The summed E-state index contributed by atoms with van der Waals surface area (Å²) in [6.45, 7) is 2.83. The van der Waals surface area contributed by atoms with Crippen molar-refractivity contribution in [1.82, 2.24) is 0 Å². The van der Waals surface area contributed by atoms with Crippen LogP contribution in [0.5, 0.6) is 11.5 Å². The number of carboxylic acid groups (broad SMARTS) is 1. The Morgan fingerprint density at radius 3 is 2.53 bits per heavy atom. The van der Waals surface area contributed by atoms with Crippen molar-refractivity contribution in [2.45, 2.75) is 45.1 Å². The second-order valence-corrected chi connectivity index (χ2v) is 8.11. The fourth-order valence-corrected chi connectivity index (χ4v) is 4.33. The summed E-state index contributed by atoms with van der Waals surface area (Å²) in [5.41, 5.74) is 4.59. The number of carboxylic acids is 1.